The molecule has 0 spiro atoms. The largest absolute Gasteiger partial charge is 0.451 e. The van der Waals surface area contributed by atoms with Crippen LogP contribution in [0.15, 0.2) is 53.0 Å². The molecule has 0 saturated heterocycles. The van der Waals surface area contributed by atoms with E-state index in [0.29, 0.717) is 5.69 Å². The number of nitro groups is 1. The number of halogens is 2. The second kappa shape index (κ2) is 8.61. The molecular formula is C18H12BrFN4O5. The summed E-state index contributed by atoms with van der Waals surface area (Å²) in [5.74, 6) is -2.55. The van der Waals surface area contributed by atoms with Crippen molar-refractivity contribution < 1.29 is 23.6 Å². The van der Waals surface area contributed by atoms with Crippen molar-refractivity contribution in [1.29, 1.82) is 0 Å². The molecule has 1 heterocycles. The van der Waals surface area contributed by atoms with Crippen LogP contribution in [0.25, 0.3) is 11.3 Å². The summed E-state index contributed by atoms with van der Waals surface area (Å²) < 4.78 is 19.4. The van der Waals surface area contributed by atoms with Crippen LogP contribution in [0.5, 0.6) is 0 Å². The molecule has 2 aromatic carbocycles. The first-order valence-corrected chi connectivity index (χ1v) is 8.85. The van der Waals surface area contributed by atoms with Crippen LogP contribution in [-0.2, 0) is 9.53 Å². The van der Waals surface area contributed by atoms with Crippen LogP contribution in [0.3, 0.4) is 0 Å². The number of amides is 1. The number of non-ortho nitro benzene ring substituents is 1. The molecule has 3 aromatic rings. The first-order valence-electron chi connectivity index (χ1n) is 8.06. The number of nitro benzene ring substituents is 1. The highest BCUT2D eigenvalue weighted by Crippen LogP contribution is 2.22. The van der Waals surface area contributed by atoms with Crippen LogP contribution in [-0.4, -0.2) is 33.6 Å². The van der Waals surface area contributed by atoms with E-state index < -0.39 is 34.9 Å². The van der Waals surface area contributed by atoms with Crippen molar-refractivity contribution >= 4 is 39.2 Å². The molecule has 29 heavy (non-hydrogen) atoms. The lowest BCUT2D eigenvalue weighted by molar-refractivity contribution is -0.384. The summed E-state index contributed by atoms with van der Waals surface area (Å²) in [4.78, 5) is 34.0. The number of carbonyl (C=O) groups excluding carboxylic acids is 2. The number of H-pyrrole nitrogens is 1. The van der Waals surface area contributed by atoms with Crippen molar-refractivity contribution in [1.82, 2.24) is 10.2 Å². The van der Waals surface area contributed by atoms with Crippen molar-refractivity contribution in [3.8, 4) is 11.3 Å². The van der Waals surface area contributed by atoms with Gasteiger partial charge in [-0.3, -0.25) is 20.0 Å². The topological polar surface area (TPSA) is 127 Å². The number of aromatic amines is 1. The summed E-state index contributed by atoms with van der Waals surface area (Å²) in [6, 6.07) is 11.4. The fourth-order valence-corrected chi connectivity index (χ4v) is 2.58. The molecule has 1 amide bonds. The third kappa shape index (κ3) is 5.02. The standard InChI is InChI=1S/C18H12BrFN4O5/c19-11-3-1-10(2-4-11)14-8-16(23-22-14)18(26)29-9-17(25)21-15-7-12(24(27)28)5-6-13(15)20/h1-8H,9H2,(H,21,25)(H,22,23). The lowest BCUT2D eigenvalue weighted by atomic mass is 10.1. The lowest BCUT2D eigenvalue weighted by Crippen LogP contribution is -2.21. The molecule has 0 aliphatic carbocycles. The summed E-state index contributed by atoms with van der Waals surface area (Å²) in [6.07, 6.45) is 0. The van der Waals surface area contributed by atoms with Gasteiger partial charge in [0.1, 0.15) is 11.5 Å². The molecule has 9 nitrogen and oxygen atoms in total. The molecule has 0 aliphatic rings. The van der Waals surface area contributed by atoms with Gasteiger partial charge in [0.15, 0.2) is 6.61 Å². The SMILES string of the molecule is O=C(COC(=O)c1cc(-c2ccc(Br)cc2)n[nH]1)Nc1cc([N+](=O)[O-])ccc1F. The average molecular weight is 463 g/mol. The molecule has 0 fully saturated rings. The Hall–Kier alpha value is -3.60. The van der Waals surface area contributed by atoms with Crippen molar-refractivity contribution in [2.24, 2.45) is 0 Å². The molecule has 2 N–H and O–H groups in total. The van der Waals surface area contributed by atoms with E-state index in [1.165, 1.54) is 6.07 Å². The van der Waals surface area contributed by atoms with E-state index in [4.69, 9.17) is 4.74 Å². The molecule has 0 aliphatic heterocycles. The summed E-state index contributed by atoms with van der Waals surface area (Å²) in [6.45, 7) is -0.715. The Bertz CT molecular complexity index is 1080. The number of aromatic nitrogens is 2. The van der Waals surface area contributed by atoms with Gasteiger partial charge in [-0.05, 0) is 24.3 Å². The van der Waals surface area contributed by atoms with Gasteiger partial charge in [0.2, 0.25) is 0 Å². The average Bonchev–Trinajstić information content (AvgIpc) is 3.18. The zero-order valence-corrected chi connectivity index (χ0v) is 16.1. The van der Waals surface area contributed by atoms with E-state index >= 15 is 0 Å². The first kappa shape index (κ1) is 20.1. The van der Waals surface area contributed by atoms with E-state index in [-0.39, 0.29) is 11.4 Å². The van der Waals surface area contributed by atoms with Gasteiger partial charge in [-0.1, -0.05) is 28.1 Å². The van der Waals surface area contributed by atoms with Gasteiger partial charge >= 0.3 is 5.97 Å². The van der Waals surface area contributed by atoms with Crippen LogP contribution >= 0.6 is 15.9 Å². The molecule has 0 radical (unpaired) electrons. The predicted octanol–water partition coefficient (Wildman–Crippen LogP) is 3.68. The zero-order chi connectivity index (χ0) is 21.0. The highest BCUT2D eigenvalue weighted by molar-refractivity contribution is 9.10. The highest BCUT2D eigenvalue weighted by atomic mass is 79.9. The predicted molar refractivity (Wildman–Crippen MR) is 104 cm³/mol. The Kier molecular flexibility index (Phi) is 5.98. The number of benzene rings is 2. The maximum absolute atomic E-state index is 13.7. The Morgan fingerprint density at radius 2 is 1.93 bits per heavy atom. The molecule has 0 saturated carbocycles. The van der Waals surface area contributed by atoms with Gasteiger partial charge in [-0.2, -0.15) is 5.10 Å². The molecule has 0 bridgehead atoms. The summed E-state index contributed by atoms with van der Waals surface area (Å²) in [5.41, 5.74) is 0.517. The number of anilines is 1. The van der Waals surface area contributed by atoms with Crippen LogP contribution in [0.1, 0.15) is 10.5 Å². The number of hydrogen-bond acceptors (Lipinski definition) is 6. The monoisotopic (exact) mass is 462 g/mol. The summed E-state index contributed by atoms with van der Waals surface area (Å²) in [7, 11) is 0. The van der Waals surface area contributed by atoms with E-state index in [1.54, 1.807) is 12.1 Å². The number of carbonyl (C=O) groups is 2. The van der Waals surface area contributed by atoms with Gasteiger partial charge < -0.3 is 10.1 Å². The highest BCUT2D eigenvalue weighted by Gasteiger charge is 2.16. The molecule has 148 valence electrons. The zero-order valence-electron chi connectivity index (χ0n) is 14.5. The van der Waals surface area contributed by atoms with Crippen molar-refractivity contribution in [3.63, 3.8) is 0 Å². The fourth-order valence-electron chi connectivity index (χ4n) is 2.31. The quantitative estimate of drug-likeness (QED) is 0.326. The number of ether oxygens (including phenoxy) is 1. The number of esters is 1. The van der Waals surface area contributed by atoms with Gasteiger partial charge in [0, 0.05) is 22.2 Å². The summed E-state index contributed by atoms with van der Waals surface area (Å²) in [5, 5.41) is 19.4. The Labute approximate surface area is 171 Å². The smallest absolute Gasteiger partial charge is 0.356 e. The van der Waals surface area contributed by atoms with Gasteiger partial charge in [0.25, 0.3) is 11.6 Å². The number of hydrogen-bond donors (Lipinski definition) is 2. The molecular weight excluding hydrogens is 451 g/mol. The van der Waals surface area contributed by atoms with Gasteiger partial charge in [-0.25, -0.2) is 9.18 Å². The minimum Gasteiger partial charge on any atom is -0.451 e. The first-order chi connectivity index (χ1) is 13.8. The fraction of sp³-hybridized carbons (Fsp3) is 0.0556. The number of nitrogens with one attached hydrogen (secondary N) is 2. The lowest BCUT2D eigenvalue weighted by Gasteiger charge is -2.06. The normalized spacial score (nSPS) is 10.4. The minimum absolute atomic E-state index is 0.0252. The van der Waals surface area contributed by atoms with Crippen LogP contribution in [0, 0.1) is 15.9 Å². The Morgan fingerprint density at radius 1 is 1.21 bits per heavy atom. The minimum atomic E-state index is -0.858. The van der Waals surface area contributed by atoms with Crippen molar-refractivity contribution in [2.75, 3.05) is 11.9 Å². The van der Waals surface area contributed by atoms with E-state index in [1.807, 2.05) is 12.1 Å². The molecule has 0 unspecified atom stereocenters. The number of nitrogens with zero attached hydrogens (tertiary/aromatic N) is 2. The Balaban J connectivity index is 1.59. The Morgan fingerprint density at radius 3 is 2.62 bits per heavy atom. The van der Waals surface area contributed by atoms with Crippen LogP contribution in [0.4, 0.5) is 15.8 Å². The second-order valence-corrected chi connectivity index (χ2v) is 6.63. The van der Waals surface area contributed by atoms with Gasteiger partial charge in [-0.15, -0.1) is 0 Å². The molecule has 11 heteroatoms. The van der Waals surface area contributed by atoms with Crippen LogP contribution in [0.2, 0.25) is 0 Å². The van der Waals surface area contributed by atoms with Crippen molar-refractivity contribution in [2.45, 2.75) is 0 Å². The second-order valence-electron chi connectivity index (χ2n) is 5.72. The summed E-state index contributed by atoms with van der Waals surface area (Å²) >= 11 is 3.32. The third-order valence-electron chi connectivity index (χ3n) is 3.71. The van der Waals surface area contributed by atoms with Gasteiger partial charge in [0.05, 0.1) is 16.3 Å². The number of rotatable bonds is 6. The molecule has 1 aromatic heterocycles. The molecule has 3 rings (SSSR count). The van der Waals surface area contributed by atoms with E-state index in [0.717, 1.165) is 28.2 Å². The maximum atomic E-state index is 13.7. The third-order valence-corrected chi connectivity index (χ3v) is 4.24. The van der Waals surface area contributed by atoms with E-state index in [2.05, 4.69) is 31.4 Å². The van der Waals surface area contributed by atoms with E-state index in [9.17, 15) is 24.1 Å². The molecule has 0 atom stereocenters. The van der Waals surface area contributed by atoms with Crippen molar-refractivity contribution in [3.05, 3.63) is 74.6 Å². The van der Waals surface area contributed by atoms with Crippen LogP contribution < -0.4 is 5.32 Å². The maximum Gasteiger partial charge on any atom is 0.356 e.